The number of phenolic OH excluding ortho intramolecular Hbond substituents is 1. The van der Waals surface area contributed by atoms with E-state index in [-0.39, 0.29) is 28.9 Å². The first-order valence-corrected chi connectivity index (χ1v) is 10.2. The zero-order valence-corrected chi connectivity index (χ0v) is 18.5. The Labute approximate surface area is 178 Å². The maximum atomic E-state index is 12.3. The summed E-state index contributed by atoms with van der Waals surface area (Å²) >= 11 is 0. The molecule has 0 bridgehead atoms. The Balaban J connectivity index is 1.73. The number of methoxy groups -OCH3 is 2. The monoisotopic (exact) mass is 423 g/mol. The van der Waals surface area contributed by atoms with Crippen molar-refractivity contribution in [1.82, 2.24) is 4.90 Å². The largest absolute Gasteiger partial charge is 0.504 e. The van der Waals surface area contributed by atoms with Gasteiger partial charge >= 0.3 is 12.1 Å². The van der Waals surface area contributed by atoms with Gasteiger partial charge in [0, 0.05) is 13.1 Å². The molecule has 2 rings (SSSR count). The van der Waals surface area contributed by atoms with Gasteiger partial charge in [-0.1, -0.05) is 0 Å². The average Bonchev–Trinajstić information content (AvgIpc) is 2.69. The molecule has 1 aliphatic rings. The molecular formula is C22H33NO7. The molecule has 0 aliphatic carbocycles. The number of carbonyl (C=O) groups is 2. The summed E-state index contributed by atoms with van der Waals surface area (Å²) in [6, 6.07) is 2.78. The number of amides is 1. The Kier molecular flexibility index (Phi) is 8.20. The second-order valence-electron chi connectivity index (χ2n) is 8.42. The lowest BCUT2D eigenvalue weighted by atomic mass is 9.92. The van der Waals surface area contributed by atoms with Crippen molar-refractivity contribution in [2.24, 2.45) is 5.92 Å². The van der Waals surface area contributed by atoms with Crippen molar-refractivity contribution >= 4 is 12.1 Å². The lowest BCUT2D eigenvalue weighted by molar-refractivity contribution is 0.0174. The van der Waals surface area contributed by atoms with Crippen LogP contribution in [0.4, 0.5) is 4.79 Å². The van der Waals surface area contributed by atoms with Crippen LogP contribution in [0.5, 0.6) is 17.2 Å². The second kappa shape index (κ2) is 10.4. The molecule has 30 heavy (non-hydrogen) atoms. The number of aromatic hydroxyl groups is 1. The van der Waals surface area contributed by atoms with Crippen LogP contribution in [0.3, 0.4) is 0 Å². The molecule has 0 aromatic heterocycles. The number of carbonyl (C=O) groups excluding carboxylic acids is 2. The molecular weight excluding hydrogens is 390 g/mol. The Morgan fingerprint density at radius 1 is 1.13 bits per heavy atom. The first-order valence-electron chi connectivity index (χ1n) is 10.2. The number of likely N-dealkylation sites (tertiary alicyclic amines) is 1. The molecule has 0 unspecified atom stereocenters. The lowest BCUT2D eigenvalue weighted by Gasteiger charge is -2.33. The van der Waals surface area contributed by atoms with Crippen molar-refractivity contribution in [3.8, 4) is 17.2 Å². The van der Waals surface area contributed by atoms with E-state index in [1.165, 1.54) is 26.4 Å². The van der Waals surface area contributed by atoms with E-state index in [0.29, 0.717) is 25.6 Å². The van der Waals surface area contributed by atoms with Crippen LogP contribution in [0, 0.1) is 5.92 Å². The molecule has 0 saturated carbocycles. The van der Waals surface area contributed by atoms with Crippen molar-refractivity contribution in [3.63, 3.8) is 0 Å². The quantitative estimate of drug-likeness (QED) is 0.523. The van der Waals surface area contributed by atoms with E-state index in [1.807, 2.05) is 20.8 Å². The van der Waals surface area contributed by atoms with Crippen LogP contribution in [0.15, 0.2) is 12.1 Å². The zero-order valence-electron chi connectivity index (χ0n) is 18.5. The highest BCUT2D eigenvalue weighted by atomic mass is 16.6. The highest BCUT2D eigenvalue weighted by Gasteiger charge is 2.26. The number of ether oxygens (including phenoxy) is 4. The number of hydrogen-bond donors (Lipinski definition) is 1. The highest BCUT2D eigenvalue weighted by molar-refractivity contribution is 5.91. The molecule has 1 aromatic rings. The number of piperidine rings is 1. The Morgan fingerprint density at radius 3 is 2.37 bits per heavy atom. The highest BCUT2D eigenvalue weighted by Crippen LogP contribution is 2.37. The molecule has 8 heteroatoms. The number of nitrogens with zero attached hydrogens (tertiary/aromatic N) is 1. The van der Waals surface area contributed by atoms with Gasteiger partial charge in [-0.05, 0) is 64.5 Å². The number of phenols is 1. The van der Waals surface area contributed by atoms with Crippen LogP contribution < -0.4 is 9.47 Å². The van der Waals surface area contributed by atoms with Gasteiger partial charge < -0.3 is 29.0 Å². The predicted molar refractivity (Wildman–Crippen MR) is 111 cm³/mol. The van der Waals surface area contributed by atoms with E-state index in [0.717, 1.165) is 25.7 Å². The summed E-state index contributed by atoms with van der Waals surface area (Å²) < 4.78 is 20.9. The van der Waals surface area contributed by atoms with Gasteiger partial charge in [-0.2, -0.15) is 0 Å². The van der Waals surface area contributed by atoms with Crippen molar-refractivity contribution in [2.45, 2.75) is 52.1 Å². The summed E-state index contributed by atoms with van der Waals surface area (Å²) in [5, 5.41) is 9.97. The lowest BCUT2D eigenvalue weighted by Crippen LogP contribution is -2.41. The third-order valence-corrected chi connectivity index (χ3v) is 4.95. The van der Waals surface area contributed by atoms with Crippen LogP contribution in [0.2, 0.25) is 0 Å². The third kappa shape index (κ3) is 6.71. The van der Waals surface area contributed by atoms with E-state index < -0.39 is 11.6 Å². The smallest absolute Gasteiger partial charge is 0.410 e. The number of hydrogen-bond acceptors (Lipinski definition) is 7. The summed E-state index contributed by atoms with van der Waals surface area (Å²) in [5.41, 5.74) is -0.279. The molecule has 0 atom stereocenters. The first-order chi connectivity index (χ1) is 14.1. The molecule has 1 amide bonds. The van der Waals surface area contributed by atoms with E-state index >= 15 is 0 Å². The van der Waals surface area contributed by atoms with Crippen LogP contribution in [-0.4, -0.2) is 61.6 Å². The van der Waals surface area contributed by atoms with Gasteiger partial charge in [0.25, 0.3) is 0 Å². The Hall–Kier alpha value is -2.64. The Morgan fingerprint density at radius 2 is 1.80 bits per heavy atom. The van der Waals surface area contributed by atoms with Crippen LogP contribution in [0.1, 0.15) is 56.8 Å². The molecule has 1 aliphatic heterocycles. The molecule has 1 fully saturated rings. The van der Waals surface area contributed by atoms with Gasteiger partial charge in [-0.15, -0.1) is 0 Å². The van der Waals surface area contributed by atoms with E-state index in [9.17, 15) is 14.7 Å². The fourth-order valence-electron chi connectivity index (χ4n) is 3.41. The zero-order chi connectivity index (χ0) is 22.3. The molecule has 168 valence electrons. The van der Waals surface area contributed by atoms with E-state index in [1.54, 1.807) is 4.90 Å². The van der Waals surface area contributed by atoms with Gasteiger partial charge in [0.15, 0.2) is 11.5 Å². The van der Waals surface area contributed by atoms with Crippen molar-refractivity contribution in [1.29, 1.82) is 0 Å². The van der Waals surface area contributed by atoms with Gasteiger partial charge in [0.2, 0.25) is 5.75 Å². The number of benzene rings is 1. The molecule has 1 N–H and O–H groups in total. The minimum atomic E-state index is -0.522. The molecule has 1 heterocycles. The van der Waals surface area contributed by atoms with Gasteiger partial charge in [0.1, 0.15) is 5.60 Å². The first kappa shape index (κ1) is 23.6. The maximum Gasteiger partial charge on any atom is 0.410 e. The standard InChI is InChI=1S/C22H33NO7/c1-22(2,3)30-21(26)23-10-8-15(9-11-23)7-6-12-29-20(25)16-13-17(24)19(28-5)18(14-16)27-4/h13-15,24H,6-12H2,1-5H3. The van der Waals surface area contributed by atoms with Crippen molar-refractivity contribution < 1.29 is 33.6 Å². The fraction of sp³-hybridized carbons (Fsp3) is 0.636. The fourth-order valence-corrected chi connectivity index (χ4v) is 3.41. The topological polar surface area (TPSA) is 94.5 Å². The van der Waals surface area contributed by atoms with Crippen LogP contribution in [-0.2, 0) is 9.47 Å². The summed E-state index contributed by atoms with van der Waals surface area (Å²) in [7, 11) is 2.84. The normalized spacial score (nSPS) is 14.9. The SMILES string of the molecule is COc1cc(C(=O)OCCCC2CCN(C(=O)OC(C)(C)C)CC2)cc(O)c1OC. The molecule has 1 aromatic carbocycles. The molecule has 1 saturated heterocycles. The molecule has 0 radical (unpaired) electrons. The summed E-state index contributed by atoms with van der Waals surface area (Å²) in [6.07, 6.45) is 3.23. The van der Waals surface area contributed by atoms with E-state index in [2.05, 4.69) is 0 Å². The maximum absolute atomic E-state index is 12.3. The van der Waals surface area contributed by atoms with Gasteiger partial charge in [0.05, 0.1) is 26.4 Å². The third-order valence-electron chi connectivity index (χ3n) is 4.95. The van der Waals surface area contributed by atoms with Crippen molar-refractivity contribution in [3.05, 3.63) is 17.7 Å². The average molecular weight is 424 g/mol. The van der Waals surface area contributed by atoms with Crippen LogP contribution >= 0.6 is 0 Å². The van der Waals surface area contributed by atoms with Gasteiger partial charge in [-0.25, -0.2) is 9.59 Å². The van der Waals surface area contributed by atoms with Crippen molar-refractivity contribution in [2.75, 3.05) is 33.9 Å². The Bertz CT molecular complexity index is 734. The van der Waals surface area contributed by atoms with Gasteiger partial charge in [-0.3, -0.25) is 0 Å². The minimum Gasteiger partial charge on any atom is -0.504 e. The summed E-state index contributed by atoms with van der Waals surface area (Å²) in [4.78, 5) is 26.1. The van der Waals surface area contributed by atoms with E-state index in [4.69, 9.17) is 18.9 Å². The molecule has 0 spiro atoms. The minimum absolute atomic E-state index is 0.173. The summed E-state index contributed by atoms with van der Waals surface area (Å²) in [6.45, 7) is 7.25. The molecule has 8 nitrogen and oxygen atoms in total. The number of esters is 1. The predicted octanol–water partition coefficient (Wildman–Crippen LogP) is 3.99. The van der Waals surface area contributed by atoms with Crippen LogP contribution in [0.25, 0.3) is 0 Å². The number of rotatable bonds is 7. The second-order valence-corrected chi connectivity index (χ2v) is 8.42. The summed E-state index contributed by atoms with van der Waals surface area (Å²) in [5.74, 6) is 0.229.